The van der Waals surface area contributed by atoms with Gasteiger partial charge in [0.2, 0.25) is 4.96 Å². The van der Waals surface area contributed by atoms with E-state index in [1.54, 1.807) is 4.52 Å². The third-order valence-electron chi connectivity index (χ3n) is 2.62. The molecule has 7 heteroatoms. The van der Waals surface area contributed by atoms with E-state index in [0.29, 0.717) is 6.42 Å². The van der Waals surface area contributed by atoms with E-state index in [-0.39, 0.29) is 18.3 Å². The van der Waals surface area contributed by atoms with Crippen molar-refractivity contribution in [1.82, 2.24) is 19.8 Å². The number of rotatable bonds is 5. The number of aromatic nitrogens is 4. The number of carbonyl (C=O) groups is 1. The van der Waals surface area contributed by atoms with Gasteiger partial charge in [0.1, 0.15) is 5.01 Å². The fraction of sp³-hybridized carbons (Fsp3) is 0.636. The molecular formula is C11H16N4O2S. The van der Waals surface area contributed by atoms with Gasteiger partial charge in [0, 0.05) is 18.8 Å². The standard InChI is InChI=1S/C11H16N4O2S/c1-6(2)10-12-13-11-15(10)14-8(18-11)4-7(3)5-9(16)17/h6-7H,4-5H2,1-3H3,(H,16,17). The Labute approximate surface area is 109 Å². The van der Waals surface area contributed by atoms with E-state index >= 15 is 0 Å². The Morgan fingerprint density at radius 1 is 1.39 bits per heavy atom. The van der Waals surface area contributed by atoms with Crippen LogP contribution in [-0.2, 0) is 11.2 Å². The Hall–Kier alpha value is -1.50. The molecule has 1 atom stereocenters. The summed E-state index contributed by atoms with van der Waals surface area (Å²) in [4.78, 5) is 11.4. The third kappa shape index (κ3) is 2.66. The molecule has 0 amide bonds. The quantitative estimate of drug-likeness (QED) is 0.896. The summed E-state index contributed by atoms with van der Waals surface area (Å²) in [6.07, 6.45) is 0.828. The summed E-state index contributed by atoms with van der Waals surface area (Å²) in [6, 6.07) is 0. The number of fused-ring (bicyclic) bond motifs is 1. The highest BCUT2D eigenvalue weighted by molar-refractivity contribution is 7.16. The summed E-state index contributed by atoms with van der Waals surface area (Å²) in [5.41, 5.74) is 0. The van der Waals surface area contributed by atoms with Crippen molar-refractivity contribution in [3.63, 3.8) is 0 Å². The summed E-state index contributed by atoms with van der Waals surface area (Å²) in [5, 5.41) is 22.3. The molecule has 2 aromatic heterocycles. The Morgan fingerprint density at radius 3 is 2.72 bits per heavy atom. The number of carboxylic acids is 1. The minimum Gasteiger partial charge on any atom is -0.481 e. The Bertz CT molecular complexity index is 560. The normalized spacial score (nSPS) is 13.3. The van der Waals surface area contributed by atoms with Crippen LogP contribution in [0.1, 0.15) is 43.9 Å². The van der Waals surface area contributed by atoms with E-state index < -0.39 is 5.97 Å². The van der Waals surface area contributed by atoms with Crippen molar-refractivity contribution in [3.05, 3.63) is 10.8 Å². The molecule has 0 fully saturated rings. The van der Waals surface area contributed by atoms with Gasteiger partial charge < -0.3 is 5.11 Å². The van der Waals surface area contributed by atoms with Gasteiger partial charge in [-0.3, -0.25) is 4.79 Å². The van der Waals surface area contributed by atoms with E-state index in [9.17, 15) is 4.79 Å². The third-order valence-corrected chi connectivity index (χ3v) is 3.54. The molecule has 1 unspecified atom stereocenters. The predicted octanol–water partition coefficient (Wildman–Crippen LogP) is 1.96. The Balaban J connectivity index is 2.17. The molecule has 0 aliphatic rings. The number of aliphatic carboxylic acids is 1. The lowest BCUT2D eigenvalue weighted by Gasteiger charge is -2.04. The molecule has 0 aromatic carbocycles. The number of hydrogen-bond acceptors (Lipinski definition) is 5. The van der Waals surface area contributed by atoms with Crippen molar-refractivity contribution in [3.8, 4) is 0 Å². The van der Waals surface area contributed by atoms with Crippen molar-refractivity contribution >= 4 is 22.3 Å². The van der Waals surface area contributed by atoms with Gasteiger partial charge >= 0.3 is 5.97 Å². The first kappa shape index (κ1) is 12.9. The van der Waals surface area contributed by atoms with Gasteiger partial charge in [-0.05, 0) is 5.92 Å². The van der Waals surface area contributed by atoms with Gasteiger partial charge in [0.15, 0.2) is 5.82 Å². The molecule has 0 aliphatic carbocycles. The second-order valence-electron chi connectivity index (χ2n) is 4.81. The van der Waals surface area contributed by atoms with Crippen LogP contribution >= 0.6 is 11.3 Å². The Kier molecular flexibility index (Phi) is 3.60. The van der Waals surface area contributed by atoms with Crippen molar-refractivity contribution in [2.45, 2.75) is 39.5 Å². The zero-order valence-electron chi connectivity index (χ0n) is 10.6. The number of nitrogens with zero attached hydrogens (tertiary/aromatic N) is 4. The molecule has 2 rings (SSSR count). The SMILES string of the molecule is CC(CC(=O)O)Cc1nn2c(C(C)C)nnc2s1. The highest BCUT2D eigenvalue weighted by Gasteiger charge is 2.16. The van der Waals surface area contributed by atoms with E-state index in [1.807, 2.05) is 20.8 Å². The zero-order valence-corrected chi connectivity index (χ0v) is 11.4. The van der Waals surface area contributed by atoms with Crippen LogP contribution in [0.3, 0.4) is 0 Å². The van der Waals surface area contributed by atoms with Crippen molar-refractivity contribution in [1.29, 1.82) is 0 Å². The molecule has 98 valence electrons. The molecule has 2 heterocycles. The van der Waals surface area contributed by atoms with Crippen molar-refractivity contribution in [2.24, 2.45) is 5.92 Å². The van der Waals surface area contributed by atoms with Crippen LogP contribution in [0.15, 0.2) is 0 Å². The number of hydrogen-bond donors (Lipinski definition) is 1. The summed E-state index contributed by atoms with van der Waals surface area (Å²) < 4.78 is 1.76. The summed E-state index contributed by atoms with van der Waals surface area (Å²) >= 11 is 1.48. The second-order valence-corrected chi connectivity index (χ2v) is 5.85. The Morgan fingerprint density at radius 2 is 2.11 bits per heavy atom. The molecule has 0 radical (unpaired) electrons. The van der Waals surface area contributed by atoms with Crippen molar-refractivity contribution in [2.75, 3.05) is 0 Å². The van der Waals surface area contributed by atoms with Gasteiger partial charge in [-0.25, -0.2) is 0 Å². The van der Waals surface area contributed by atoms with E-state index in [1.165, 1.54) is 11.3 Å². The summed E-state index contributed by atoms with van der Waals surface area (Å²) in [7, 11) is 0. The van der Waals surface area contributed by atoms with Crippen LogP contribution in [0, 0.1) is 5.92 Å². The average molecular weight is 268 g/mol. The van der Waals surface area contributed by atoms with Gasteiger partial charge in [0.05, 0.1) is 0 Å². The lowest BCUT2D eigenvalue weighted by Crippen LogP contribution is -2.07. The van der Waals surface area contributed by atoms with Gasteiger partial charge in [-0.15, -0.1) is 10.2 Å². The largest absolute Gasteiger partial charge is 0.481 e. The van der Waals surface area contributed by atoms with E-state index in [4.69, 9.17) is 5.11 Å². The molecule has 2 aromatic rings. The van der Waals surface area contributed by atoms with Crippen LogP contribution < -0.4 is 0 Å². The first-order valence-electron chi connectivity index (χ1n) is 5.90. The maximum atomic E-state index is 10.6. The van der Waals surface area contributed by atoms with Gasteiger partial charge in [0.25, 0.3) is 0 Å². The second kappa shape index (κ2) is 5.01. The maximum Gasteiger partial charge on any atom is 0.303 e. The summed E-state index contributed by atoms with van der Waals surface area (Å²) in [5.74, 6) is 0.423. The lowest BCUT2D eigenvalue weighted by atomic mass is 10.1. The molecule has 0 saturated heterocycles. The molecule has 1 N–H and O–H groups in total. The van der Waals surface area contributed by atoms with Crippen molar-refractivity contribution < 1.29 is 9.90 Å². The molecule has 18 heavy (non-hydrogen) atoms. The van der Waals surface area contributed by atoms with Crippen LogP contribution in [0.25, 0.3) is 4.96 Å². The first-order chi connectivity index (χ1) is 8.47. The topological polar surface area (TPSA) is 80.4 Å². The monoisotopic (exact) mass is 268 g/mol. The van der Waals surface area contributed by atoms with Crippen LogP contribution in [0.5, 0.6) is 0 Å². The average Bonchev–Trinajstić information content (AvgIpc) is 2.73. The van der Waals surface area contributed by atoms with Crippen LogP contribution in [-0.4, -0.2) is 30.9 Å². The van der Waals surface area contributed by atoms with E-state index in [2.05, 4.69) is 15.3 Å². The first-order valence-corrected chi connectivity index (χ1v) is 6.71. The van der Waals surface area contributed by atoms with Gasteiger partial charge in [-0.1, -0.05) is 32.1 Å². The van der Waals surface area contributed by atoms with Crippen LogP contribution in [0.4, 0.5) is 0 Å². The minimum absolute atomic E-state index is 0.0776. The fourth-order valence-electron chi connectivity index (χ4n) is 1.78. The smallest absolute Gasteiger partial charge is 0.303 e. The maximum absolute atomic E-state index is 10.6. The molecule has 0 aliphatic heterocycles. The van der Waals surface area contributed by atoms with Crippen LogP contribution in [0.2, 0.25) is 0 Å². The number of carboxylic acid groups (broad SMARTS) is 1. The fourth-order valence-corrected chi connectivity index (χ4v) is 2.79. The highest BCUT2D eigenvalue weighted by Crippen LogP contribution is 2.21. The molecule has 6 nitrogen and oxygen atoms in total. The lowest BCUT2D eigenvalue weighted by molar-refractivity contribution is -0.137. The minimum atomic E-state index is -0.770. The predicted molar refractivity (Wildman–Crippen MR) is 67.9 cm³/mol. The van der Waals surface area contributed by atoms with Gasteiger partial charge in [-0.2, -0.15) is 9.61 Å². The molecular weight excluding hydrogens is 252 g/mol. The highest BCUT2D eigenvalue weighted by atomic mass is 32.1. The molecule has 0 spiro atoms. The molecule has 0 saturated carbocycles. The van der Waals surface area contributed by atoms with E-state index in [0.717, 1.165) is 15.8 Å². The summed E-state index contributed by atoms with van der Waals surface area (Å²) in [6.45, 7) is 6.00. The zero-order chi connectivity index (χ0) is 13.3. The molecule has 0 bridgehead atoms.